The second-order valence-corrected chi connectivity index (χ2v) is 6.59. The number of hydrogen-bond acceptors (Lipinski definition) is 3. The molecular weight excluding hydrogens is 318 g/mol. The van der Waals surface area contributed by atoms with Gasteiger partial charge in [0.2, 0.25) is 0 Å². The smallest absolute Gasteiger partial charge is 0.164 e. The quantitative estimate of drug-likeness (QED) is 0.894. The molecule has 0 amide bonds. The highest BCUT2D eigenvalue weighted by molar-refractivity contribution is 9.10. The van der Waals surface area contributed by atoms with E-state index in [1.54, 1.807) is 0 Å². The third-order valence-corrected chi connectivity index (χ3v) is 5.01. The van der Waals surface area contributed by atoms with Crippen molar-refractivity contribution < 1.29 is 9.47 Å². The summed E-state index contributed by atoms with van der Waals surface area (Å²) in [6.45, 7) is 5.95. The normalized spacial score (nSPS) is 19.7. The molecule has 1 aromatic rings. The third kappa shape index (κ3) is 2.96. The van der Waals surface area contributed by atoms with Crippen LogP contribution in [-0.2, 0) is 6.42 Å². The van der Waals surface area contributed by atoms with Crippen molar-refractivity contribution in [2.45, 2.75) is 32.6 Å². The Bertz CT molecular complexity index is 484. The summed E-state index contributed by atoms with van der Waals surface area (Å²) in [5, 5.41) is 3.43. The average Bonchev–Trinajstić information content (AvgIpc) is 2.70. The molecule has 110 valence electrons. The van der Waals surface area contributed by atoms with Crippen molar-refractivity contribution in [3.8, 4) is 11.5 Å². The zero-order chi connectivity index (χ0) is 13.9. The highest BCUT2D eigenvalue weighted by Crippen LogP contribution is 2.40. The van der Waals surface area contributed by atoms with Gasteiger partial charge in [-0.25, -0.2) is 0 Å². The Hall–Kier alpha value is -0.740. The molecule has 0 aromatic heterocycles. The first-order chi connectivity index (χ1) is 9.75. The van der Waals surface area contributed by atoms with Gasteiger partial charge in [0.25, 0.3) is 0 Å². The molecule has 0 spiro atoms. The molecule has 0 unspecified atom stereocenters. The Labute approximate surface area is 129 Å². The monoisotopic (exact) mass is 339 g/mol. The molecule has 3 rings (SSSR count). The SMILES string of the molecule is Cc1c(CC2CCNCC2)c(Br)cc2c1OCCCO2. The maximum absolute atomic E-state index is 5.91. The van der Waals surface area contributed by atoms with E-state index in [4.69, 9.17) is 9.47 Å². The summed E-state index contributed by atoms with van der Waals surface area (Å²) in [6.07, 6.45) is 4.61. The molecule has 1 fully saturated rings. The van der Waals surface area contributed by atoms with Crippen molar-refractivity contribution >= 4 is 15.9 Å². The topological polar surface area (TPSA) is 30.5 Å². The molecule has 1 N–H and O–H groups in total. The van der Waals surface area contributed by atoms with E-state index in [1.807, 2.05) is 0 Å². The predicted molar refractivity (Wildman–Crippen MR) is 83.8 cm³/mol. The van der Waals surface area contributed by atoms with Gasteiger partial charge in [0.05, 0.1) is 13.2 Å². The Morgan fingerprint density at radius 1 is 1.25 bits per heavy atom. The Kier molecular flexibility index (Phi) is 4.51. The minimum Gasteiger partial charge on any atom is -0.490 e. The Morgan fingerprint density at radius 2 is 2.00 bits per heavy atom. The van der Waals surface area contributed by atoms with Crippen molar-refractivity contribution in [3.63, 3.8) is 0 Å². The van der Waals surface area contributed by atoms with Crippen LogP contribution >= 0.6 is 15.9 Å². The van der Waals surface area contributed by atoms with Gasteiger partial charge in [-0.05, 0) is 62.4 Å². The van der Waals surface area contributed by atoms with Gasteiger partial charge in [0, 0.05) is 10.9 Å². The minimum atomic E-state index is 0.743. The van der Waals surface area contributed by atoms with E-state index in [9.17, 15) is 0 Å². The fourth-order valence-electron chi connectivity index (χ4n) is 3.10. The average molecular weight is 340 g/mol. The lowest BCUT2D eigenvalue weighted by molar-refractivity contribution is 0.296. The van der Waals surface area contributed by atoms with Crippen LogP contribution in [0, 0.1) is 12.8 Å². The van der Waals surface area contributed by atoms with Crippen LogP contribution in [-0.4, -0.2) is 26.3 Å². The van der Waals surface area contributed by atoms with E-state index in [0.717, 1.165) is 61.0 Å². The van der Waals surface area contributed by atoms with E-state index in [1.165, 1.54) is 24.0 Å². The number of hydrogen-bond donors (Lipinski definition) is 1. The highest BCUT2D eigenvalue weighted by atomic mass is 79.9. The van der Waals surface area contributed by atoms with Gasteiger partial charge >= 0.3 is 0 Å². The van der Waals surface area contributed by atoms with Crippen LogP contribution in [0.1, 0.15) is 30.4 Å². The lowest BCUT2D eigenvalue weighted by Gasteiger charge is -2.24. The van der Waals surface area contributed by atoms with Gasteiger partial charge in [-0.1, -0.05) is 15.9 Å². The molecule has 2 aliphatic rings. The van der Waals surface area contributed by atoms with Crippen molar-refractivity contribution in [3.05, 3.63) is 21.7 Å². The van der Waals surface area contributed by atoms with E-state index in [-0.39, 0.29) is 0 Å². The van der Waals surface area contributed by atoms with Crippen LogP contribution in [0.3, 0.4) is 0 Å². The van der Waals surface area contributed by atoms with E-state index in [0.29, 0.717) is 0 Å². The van der Waals surface area contributed by atoms with Crippen LogP contribution in [0.4, 0.5) is 0 Å². The van der Waals surface area contributed by atoms with Crippen molar-refractivity contribution in [1.82, 2.24) is 5.32 Å². The molecule has 2 aliphatic heterocycles. The zero-order valence-electron chi connectivity index (χ0n) is 12.0. The molecule has 0 atom stereocenters. The first kappa shape index (κ1) is 14.2. The number of nitrogens with one attached hydrogen (secondary N) is 1. The predicted octanol–water partition coefficient (Wildman–Crippen LogP) is 3.46. The molecule has 20 heavy (non-hydrogen) atoms. The van der Waals surface area contributed by atoms with Crippen molar-refractivity contribution in [2.75, 3.05) is 26.3 Å². The third-order valence-electron chi connectivity index (χ3n) is 4.31. The van der Waals surface area contributed by atoms with Gasteiger partial charge in [-0.2, -0.15) is 0 Å². The van der Waals surface area contributed by atoms with Gasteiger partial charge in [0.1, 0.15) is 0 Å². The molecule has 1 saturated heterocycles. The first-order valence-electron chi connectivity index (χ1n) is 7.54. The largest absolute Gasteiger partial charge is 0.490 e. The minimum absolute atomic E-state index is 0.743. The number of fused-ring (bicyclic) bond motifs is 1. The Morgan fingerprint density at radius 3 is 2.80 bits per heavy atom. The summed E-state index contributed by atoms with van der Waals surface area (Å²) < 4.78 is 12.9. The molecule has 0 aliphatic carbocycles. The van der Waals surface area contributed by atoms with Crippen LogP contribution < -0.4 is 14.8 Å². The van der Waals surface area contributed by atoms with Gasteiger partial charge in [-0.3, -0.25) is 0 Å². The molecule has 0 radical (unpaired) electrons. The number of halogens is 1. The fourth-order valence-corrected chi connectivity index (χ4v) is 3.76. The second kappa shape index (κ2) is 6.35. The van der Waals surface area contributed by atoms with Gasteiger partial charge < -0.3 is 14.8 Å². The lowest BCUT2D eigenvalue weighted by atomic mass is 9.89. The molecule has 0 bridgehead atoms. The molecule has 1 aromatic carbocycles. The van der Waals surface area contributed by atoms with E-state index >= 15 is 0 Å². The van der Waals surface area contributed by atoms with Crippen LogP contribution in [0.2, 0.25) is 0 Å². The van der Waals surface area contributed by atoms with Crippen LogP contribution in [0.5, 0.6) is 11.5 Å². The summed E-state index contributed by atoms with van der Waals surface area (Å²) in [4.78, 5) is 0. The maximum Gasteiger partial charge on any atom is 0.164 e. The molecular formula is C16H22BrNO2. The summed E-state index contributed by atoms with van der Waals surface area (Å²) in [5.74, 6) is 2.62. The number of rotatable bonds is 2. The van der Waals surface area contributed by atoms with Gasteiger partial charge in [-0.15, -0.1) is 0 Å². The highest BCUT2D eigenvalue weighted by Gasteiger charge is 2.21. The molecule has 2 heterocycles. The van der Waals surface area contributed by atoms with E-state index < -0.39 is 0 Å². The Balaban J connectivity index is 1.88. The number of piperidine rings is 1. The van der Waals surface area contributed by atoms with Crippen molar-refractivity contribution in [1.29, 1.82) is 0 Å². The standard InChI is InChI=1S/C16H22BrNO2/c1-11-13(9-12-3-5-18-6-4-12)14(17)10-15-16(11)20-8-2-7-19-15/h10,12,18H,2-9H2,1H3. The summed E-state index contributed by atoms with van der Waals surface area (Å²) in [6, 6.07) is 2.09. The van der Waals surface area contributed by atoms with Crippen LogP contribution in [0.15, 0.2) is 10.5 Å². The van der Waals surface area contributed by atoms with E-state index in [2.05, 4.69) is 34.2 Å². The van der Waals surface area contributed by atoms with Crippen molar-refractivity contribution in [2.24, 2.45) is 5.92 Å². The molecule has 3 nitrogen and oxygen atoms in total. The lowest BCUT2D eigenvalue weighted by Crippen LogP contribution is -2.28. The second-order valence-electron chi connectivity index (χ2n) is 5.74. The maximum atomic E-state index is 5.91. The summed E-state index contributed by atoms with van der Waals surface area (Å²) in [7, 11) is 0. The fraction of sp³-hybridized carbons (Fsp3) is 0.625. The van der Waals surface area contributed by atoms with Gasteiger partial charge in [0.15, 0.2) is 11.5 Å². The molecule has 4 heteroatoms. The zero-order valence-corrected chi connectivity index (χ0v) is 13.6. The van der Waals surface area contributed by atoms with Crippen LogP contribution in [0.25, 0.3) is 0 Å². The summed E-state index contributed by atoms with van der Waals surface area (Å²) >= 11 is 3.73. The molecule has 0 saturated carbocycles. The first-order valence-corrected chi connectivity index (χ1v) is 8.33. The summed E-state index contributed by atoms with van der Waals surface area (Å²) in [5.41, 5.74) is 2.64. The number of ether oxygens (including phenoxy) is 2. The number of benzene rings is 1.